The van der Waals surface area contributed by atoms with Gasteiger partial charge in [-0.25, -0.2) is 9.97 Å². The molecule has 128 valence electrons. The lowest BCUT2D eigenvalue weighted by Gasteiger charge is -2.42. The topological polar surface area (TPSA) is 44.3 Å². The zero-order valence-corrected chi connectivity index (χ0v) is 14.8. The summed E-state index contributed by atoms with van der Waals surface area (Å²) in [6.45, 7) is 8.00. The first-order valence-electron chi connectivity index (χ1n) is 9.17. The highest BCUT2D eigenvalue weighted by Gasteiger charge is 2.41. The van der Waals surface area contributed by atoms with E-state index in [9.17, 15) is 0 Å². The Morgan fingerprint density at radius 2 is 1.78 bits per heavy atom. The van der Waals surface area contributed by atoms with Gasteiger partial charge in [-0.1, -0.05) is 0 Å². The van der Waals surface area contributed by atoms with Crippen LogP contribution in [0.5, 0.6) is 0 Å². The lowest BCUT2D eigenvalue weighted by atomic mass is 10.1. The number of nitrogens with zero attached hydrogens (tertiary/aromatic N) is 4. The number of rotatable bonds is 7. The quantitative estimate of drug-likeness (QED) is 0.780. The molecule has 3 heterocycles. The summed E-state index contributed by atoms with van der Waals surface area (Å²) in [5, 5.41) is 3.19. The molecule has 2 aliphatic rings. The van der Waals surface area contributed by atoms with Gasteiger partial charge in [0.25, 0.3) is 0 Å². The molecule has 5 nitrogen and oxygen atoms in total. The number of nitrogens with one attached hydrogen (secondary N) is 1. The Labute approximate surface area is 140 Å². The van der Waals surface area contributed by atoms with Gasteiger partial charge >= 0.3 is 0 Å². The number of piperazine rings is 1. The van der Waals surface area contributed by atoms with E-state index in [4.69, 9.17) is 9.97 Å². The largest absolute Gasteiger partial charge is 0.332 e. The summed E-state index contributed by atoms with van der Waals surface area (Å²) >= 11 is 0. The maximum Gasteiger partial charge on any atom is 0.225 e. The number of hydrogen-bond acceptors (Lipinski definition) is 5. The molecule has 0 aromatic carbocycles. The first-order chi connectivity index (χ1) is 11.2. The van der Waals surface area contributed by atoms with Crippen molar-refractivity contribution in [3.63, 3.8) is 0 Å². The van der Waals surface area contributed by atoms with Crippen molar-refractivity contribution in [3.8, 4) is 0 Å². The molecule has 0 aliphatic carbocycles. The Hall–Kier alpha value is -1.20. The van der Waals surface area contributed by atoms with Crippen LogP contribution in [0.15, 0.2) is 12.4 Å². The van der Waals surface area contributed by atoms with E-state index >= 15 is 0 Å². The van der Waals surface area contributed by atoms with Crippen molar-refractivity contribution < 1.29 is 0 Å². The monoisotopic (exact) mass is 317 g/mol. The van der Waals surface area contributed by atoms with Crippen LogP contribution in [0.4, 0.5) is 5.95 Å². The fourth-order valence-corrected chi connectivity index (χ4v) is 3.93. The van der Waals surface area contributed by atoms with Gasteiger partial charge in [-0.2, -0.15) is 0 Å². The first kappa shape index (κ1) is 16.7. The number of hydrogen-bond donors (Lipinski definition) is 1. The first-order valence-corrected chi connectivity index (χ1v) is 9.17. The molecule has 2 unspecified atom stereocenters. The average molecular weight is 317 g/mol. The second-order valence-electron chi connectivity index (χ2n) is 7.29. The summed E-state index contributed by atoms with van der Waals surface area (Å²) in [5.74, 6) is 0.944. The lowest BCUT2D eigenvalue weighted by Crippen LogP contribution is -2.56. The predicted molar refractivity (Wildman–Crippen MR) is 94.9 cm³/mol. The van der Waals surface area contributed by atoms with Crippen LogP contribution in [0, 0.1) is 0 Å². The molecule has 2 fully saturated rings. The molecule has 0 amide bonds. The van der Waals surface area contributed by atoms with E-state index in [0.29, 0.717) is 18.1 Å². The summed E-state index contributed by atoms with van der Waals surface area (Å²) in [6.07, 6.45) is 10.1. The summed E-state index contributed by atoms with van der Waals surface area (Å²) in [6, 6.07) is 1.83. The normalized spacial score (nSPS) is 24.6. The van der Waals surface area contributed by atoms with Gasteiger partial charge in [0.15, 0.2) is 0 Å². The van der Waals surface area contributed by atoms with Crippen molar-refractivity contribution >= 4 is 5.95 Å². The molecule has 5 heteroatoms. The summed E-state index contributed by atoms with van der Waals surface area (Å²) < 4.78 is 0. The van der Waals surface area contributed by atoms with Crippen LogP contribution < -0.4 is 10.2 Å². The molecule has 2 aliphatic heterocycles. The third-order valence-electron chi connectivity index (χ3n) is 5.31. The number of aromatic nitrogens is 2. The second kappa shape index (κ2) is 7.58. The molecular weight excluding hydrogens is 286 g/mol. The Morgan fingerprint density at radius 3 is 2.35 bits per heavy atom. The highest BCUT2D eigenvalue weighted by atomic mass is 15.4. The van der Waals surface area contributed by atoms with Gasteiger partial charge in [0.1, 0.15) is 0 Å². The van der Waals surface area contributed by atoms with Gasteiger partial charge in [0.05, 0.1) is 0 Å². The third-order valence-corrected chi connectivity index (χ3v) is 5.31. The summed E-state index contributed by atoms with van der Waals surface area (Å²) in [5.41, 5.74) is 1.26. The number of likely N-dealkylation sites (tertiary alicyclic amines) is 1. The van der Waals surface area contributed by atoms with Gasteiger partial charge in [0.2, 0.25) is 5.95 Å². The van der Waals surface area contributed by atoms with Crippen LogP contribution in [0.1, 0.15) is 45.1 Å². The van der Waals surface area contributed by atoms with E-state index in [1.54, 1.807) is 0 Å². The molecular formula is C18H31N5. The van der Waals surface area contributed by atoms with E-state index < -0.39 is 0 Å². The minimum Gasteiger partial charge on any atom is -0.332 e. The van der Waals surface area contributed by atoms with Crippen molar-refractivity contribution in [1.82, 2.24) is 20.2 Å². The highest BCUT2D eigenvalue weighted by molar-refractivity contribution is 5.37. The zero-order chi connectivity index (χ0) is 16.2. The number of fused-ring (bicyclic) bond motifs is 2. The van der Waals surface area contributed by atoms with Crippen LogP contribution in [0.2, 0.25) is 0 Å². The third kappa shape index (κ3) is 3.83. The van der Waals surface area contributed by atoms with Crippen molar-refractivity contribution in [1.29, 1.82) is 0 Å². The molecule has 1 aromatic rings. The molecule has 0 saturated carbocycles. The Balaban J connectivity index is 1.60. The van der Waals surface area contributed by atoms with Gasteiger partial charge in [-0.15, -0.1) is 0 Å². The molecule has 3 rings (SSSR count). The lowest BCUT2D eigenvalue weighted by molar-refractivity contribution is 0.176. The molecule has 2 saturated heterocycles. The standard InChI is InChI=1S/C18H31N5/c1-14(2)22-12-16-7-8-17(13-22)23(16)18-20-10-15(11-21-18)6-4-5-9-19-3/h10-11,14,16-17,19H,4-9,12-13H2,1-3H3. The SMILES string of the molecule is CNCCCCc1cnc(N2C3CCC2CN(C(C)C)C3)nc1. The van der Waals surface area contributed by atoms with Gasteiger partial charge < -0.3 is 10.2 Å². The van der Waals surface area contributed by atoms with Crippen molar-refractivity contribution in [2.24, 2.45) is 0 Å². The van der Waals surface area contributed by atoms with E-state index in [1.807, 2.05) is 19.4 Å². The minimum atomic E-state index is 0.595. The fraction of sp³-hybridized carbons (Fsp3) is 0.778. The number of unbranched alkanes of at least 4 members (excludes halogenated alkanes) is 1. The van der Waals surface area contributed by atoms with Crippen molar-refractivity contribution in [2.75, 3.05) is 31.6 Å². The highest BCUT2D eigenvalue weighted by Crippen LogP contribution is 2.33. The van der Waals surface area contributed by atoms with Gasteiger partial charge in [-0.3, -0.25) is 4.90 Å². The van der Waals surface area contributed by atoms with E-state index in [0.717, 1.165) is 32.0 Å². The predicted octanol–water partition coefficient (Wildman–Crippen LogP) is 2.08. The van der Waals surface area contributed by atoms with E-state index in [1.165, 1.54) is 31.2 Å². The number of aryl methyl sites for hydroxylation is 1. The van der Waals surface area contributed by atoms with Crippen molar-refractivity contribution in [2.45, 2.75) is 64.1 Å². The Morgan fingerprint density at radius 1 is 1.13 bits per heavy atom. The average Bonchev–Trinajstić information content (AvgIpc) is 2.81. The van der Waals surface area contributed by atoms with Crippen LogP contribution in [0.3, 0.4) is 0 Å². The second-order valence-corrected chi connectivity index (χ2v) is 7.29. The van der Waals surface area contributed by atoms with Crippen LogP contribution in [0.25, 0.3) is 0 Å². The smallest absolute Gasteiger partial charge is 0.225 e. The van der Waals surface area contributed by atoms with Crippen molar-refractivity contribution in [3.05, 3.63) is 18.0 Å². The summed E-state index contributed by atoms with van der Waals surface area (Å²) in [7, 11) is 2.01. The molecule has 0 spiro atoms. The van der Waals surface area contributed by atoms with E-state index in [2.05, 4.69) is 29.0 Å². The molecule has 1 N–H and O–H groups in total. The van der Waals surface area contributed by atoms with Gasteiger partial charge in [0, 0.05) is 43.6 Å². The number of anilines is 1. The fourth-order valence-electron chi connectivity index (χ4n) is 3.93. The van der Waals surface area contributed by atoms with Gasteiger partial charge in [-0.05, 0) is 65.1 Å². The van der Waals surface area contributed by atoms with E-state index in [-0.39, 0.29) is 0 Å². The van der Waals surface area contributed by atoms with Crippen LogP contribution in [-0.4, -0.2) is 59.7 Å². The molecule has 2 atom stereocenters. The maximum atomic E-state index is 4.69. The minimum absolute atomic E-state index is 0.595. The molecule has 0 radical (unpaired) electrons. The van der Waals surface area contributed by atoms with Crippen LogP contribution >= 0.6 is 0 Å². The summed E-state index contributed by atoms with van der Waals surface area (Å²) in [4.78, 5) is 14.5. The molecule has 1 aromatic heterocycles. The Kier molecular flexibility index (Phi) is 5.49. The zero-order valence-electron chi connectivity index (χ0n) is 14.8. The molecule has 2 bridgehead atoms. The molecule has 23 heavy (non-hydrogen) atoms. The Bertz CT molecular complexity index is 473. The maximum absolute atomic E-state index is 4.69. The van der Waals surface area contributed by atoms with Crippen LogP contribution in [-0.2, 0) is 6.42 Å².